The zero-order chi connectivity index (χ0) is 99.1. The van der Waals surface area contributed by atoms with Crippen LogP contribution in [0.5, 0.6) is 23.0 Å². The highest BCUT2D eigenvalue weighted by Gasteiger charge is 2.42. The lowest BCUT2D eigenvalue weighted by atomic mass is 9.81. The van der Waals surface area contributed by atoms with Crippen molar-refractivity contribution in [3.63, 3.8) is 0 Å². The number of unbranched alkanes of at least 4 members (excludes halogenated alkanes) is 4. The van der Waals surface area contributed by atoms with Gasteiger partial charge in [0.05, 0.1) is 45.1 Å². The molecule has 142 heavy (non-hydrogen) atoms. The fourth-order valence-electron chi connectivity index (χ4n) is 21.7. The molecule has 10 nitrogen and oxygen atoms in total. The van der Waals surface area contributed by atoms with Crippen molar-refractivity contribution in [2.45, 2.75) is 225 Å². The molecule has 4 unspecified atom stereocenters. The van der Waals surface area contributed by atoms with E-state index in [0.29, 0.717) is 122 Å². The molecule has 18 heteroatoms. The minimum absolute atomic E-state index is 0.167. The monoisotopic (exact) mass is 1990 g/mol. The van der Waals surface area contributed by atoms with Crippen LogP contribution in [0.25, 0.3) is 132 Å². The van der Waals surface area contributed by atoms with Gasteiger partial charge in [-0.15, -0.1) is 68.0 Å². The van der Waals surface area contributed by atoms with E-state index in [1.54, 1.807) is 59.1 Å². The second kappa shape index (κ2) is 40.7. The standard InChI is InChI=1S/C124H120F2N4O6S6/c1-15-20-25-67(6)35-51-83-91-61-81(24-19-5)137-117(91)85(53-37-69(8)27-22-17-3)93-65-101(141-119(83)93)115-74(13)59-99(139-115)109-111(125)112(126)110(114(128)113(109)127)100-60-75(14)116(140-100)102-66-94-86(54-38-70(9)28-23-18-4)118-92(84(120(94)142-102)52-36-68(7)26-21-16-2)62-82(138-118)50-41-76-39-44-78(45-40-76)130-122(132)90-58-56-88-105-97(135-79-46-31-72(11)32-47-79)63-95-103-89(121(131)129(123(95)133)77-42-29-71(10)30-43-77)57-55-87(107(103)105)106-98(136-80-48-33-73(12)34-49-80)64-96(124(130)134)104(90)108(88)106/h19,24,29-34,39-50,55-70,127-128H,15-18,20-23,25-28,35-38,51-54H2,1-14H3/b24-19+,50-41+,127-113?,128-114?. The number of amides is 4. The summed E-state index contributed by atoms with van der Waals surface area (Å²) in [6, 6.07) is 54.4. The average molecular weight is 1990 g/mol. The lowest BCUT2D eigenvalue weighted by molar-refractivity contribution is 0.0877. The van der Waals surface area contributed by atoms with Crippen molar-refractivity contribution < 1.29 is 37.4 Å². The van der Waals surface area contributed by atoms with Gasteiger partial charge in [-0.1, -0.05) is 222 Å². The second-order valence-electron chi connectivity index (χ2n) is 40.3. The van der Waals surface area contributed by atoms with E-state index in [2.05, 4.69) is 111 Å². The Morgan fingerprint density at radius 3 is 1.05 bits per heavy atom. The van der Waals surface area contributed by atoms with Crippen molar-refractivity contribution in [1.82, 2.24) is 0 Å². The van der Waals surface area contributed by atoms with Crippen molar-refractivity contribution in [2.24, 2.45) is 23.7 Å². The number of carbonyl (C=O) groups excluding carboxylic acids is 4. The summed E-state index contributed by atoms with van der Waals surface area (Å²) in [6.45, 7) is 30.7. The van der Waals surface area contributed by atoms with Gasteiger partial charge in [0.15, 0.2) is 11.7 Å². The maximum absolute atomic E-state index is 17.7. The number of hydrogen-bond acceptors (Lipinski definition) is 14. The quantitative estimate of drug-likeness (QED) is 0.0172. The molecule has 0 fully saturated rings. The Bertz CT molecular complexity index is 7940. The van der Waals surface area contributed by atoms with E-state index in [1.165, 1.54) is 138 Å². The van der Waals surface area contributed by atoms with E-state index < -0.39 is 35.3 Å². The zero-order valence-electron chi connectivity index (χ0n) is 83.5. The number of aryl methyl sites for hydroxylation is 9. The highest BCUT2D eigenvalue weighted by Crippen LogP contribution is 2.57. The number of ether oxygens (including phenoxy) is 2. The third-order valence-electron chi connectivity index (χ3n) is 29.7. The van der Waals surface area contributed by atoms with Gasteiger partial charge in [0.2, 0.25) is 0 Å². The molecule has 2 N–H and O–H groups in total. The summed E-state index contributed by atoms with van der Waals surface area (Å²) < 4.78 is 54.6. The molecule has 11 aromatic carbocycles. The third kappa shape index (κ3) is 18.1. The van der Waals surface area contributed by atoms with Crippen LogP contribution in [0.4, 0.5) is 20.2 Å². The van der Waals surface area contributed by atoms with Gasteiger partial charge in [0.25, 0.3) is 23.6 Å². The van der Waals surface area contributed by atoms with Crippen molar-refractivity contribution in [3.8, 4) is 42.5 Å². The van der Waals surface area contributed by atoms with Gasteiger partial charge in [0, 0.05) is 101 Å². The first-order chi connectivity index (χ1) is 68.7. The number of benzene rings is 11. The van der Waals surface area contributed by atoms with Crippen LogP contribution in [-0.4, -0.2) is 35.1 Å². The molecule has 20 rings (SSSR count). The molecule has 722 valence electrons. The summed E-state index contributed by atoms with van der Waals surface area (Å²) in [5.41, 5.74) is 12.2. The van der Waals surface area contributed by atoms with Crippen LogP contribution in [-0.2, 0) is 25.7 Å². The lowest BCUT2D eigenvalue weighted by Crippen LogP contribution is -2.40. The minimum atomic E-state index is -1.10. The van der Waals surface area contributed by atoms with E-state index in [-0.39, 0.29) is 33.7 Å². The number of allylic oxidation sites excluding steroid dienone is 5. The Labute approximate surface area is 854 Å². The second-order valence-corrected chi connectivity index (χ2v) is 46.7. The predicted octanol–water partition coefficient (Wildman–Crippen LogP) is 38.1. The molecule has 4 amide bonds. The third-order valence-corrected chi connectivity index (χ3v) is 37.3. The van der Waals surface area contributed by atoms with E-state index in [0.717, 1.165) is 148 Å². The summed E-state index contributed by atoms with van der Waals surface area (Å²) in [4.78, 5) is 71.7. The van der Waals surface area contributed by atoms with Crippen LogP contribution in [0.2, 0.25) is 0 Å². The first-order valence-electron chi connectivity index (χ1n) is 51.0. The molecule has 2 aliphatic heterocycles. The number of hydrogen-bond donors (Lipinski definition) is 2. The molecule has 0 saturated heterocycles. The van der Waals surface area contributed by atoms with Crippen LogP contribution in [0.1, 0.15) is 282 Å². The van der Waals surface area contributed by atoms with E-state index >= 15 is 28.0 Å². The van der Waals surface area contributed by atoms with Crippen molar-refractivity contribution in [2.75, 3.05) is 9.80 Å². The highest BCUT2D eigenvalue weighted by atomic mass is 32.1. The minimum Gasteiger partial charge on any atom is -0.457 e. The summed E-state index contributed by atoms with van der Waals surface area (Å²) in [7, 11) is 0. The smallest absolute Gasteiger partial charge is 0.266 e. The lowest BCUT2D eigenvalue weighted by Gasteiger charge is -2.31. The van der Waals surface area contributed by atoms with Gasteiger partial charge in [-0.25, -0.2) is 18.6 Å². The molecule has 6 aromatic heterocycles. The van der Waals surface area contributed by atoms with Crippen LogP contribution in [0, 0.1) is 69.1 Å². The summed E-state index contributed by atoms with van der Waals surface area (Å²) in [5, 5.41) is 29.2. The molecule has 0 bridgehead atoms. The molecular weight excluding hydrogens is 1870 g/mol. The zero-order valence-corrected chi connectivity index (χ0v) is 88.4. The van der Waals surface area contributed by atoms with Gasteiger partial charge >= 0.3 is 0 Å². The molecule has 0 saturated carbocycles. The summed E-state index contributed by atoms with van der Waals surface area (Å²) >= 11 is 10.1. The maximum atomic E-state index is 17.7. The SMILES string of the molecule is C/C=C/c1cc2c(CCC(C)CCCC)c3sc(-c4sc(C5=C(F)C(F)=C(c6cc(C)c(-c7cc8c(CCC(C)CCCC)c9sc(/C=C/c%10ccc(N%11C(=O)c%12ccc%13c%14c(Oc%15ccc(C)cc%15)cc%15c%16c(ccc(c%17c(Oc%18ccc(C)cc%18)cc(c%12c%13%17)C%11=O)c%16%14)C(=O)N(c%11ccc(C)cc%11)C%15=O)cc%10)cc9c(CCC(C)CCCC)c8s7)s6)C(=N)C5=N)cc4C)cc3c(CCC(C)CCCC)c2s1. The Balaban J connectivity index is 0.634. The predicted molar refractivity (Wildman–Crippen MR) is 604 cm³/mol. The summed E-state index contributed by atoms with van der Waals surface area (Å²) in [5.74, 6) is -0.304. The first-order valence-corrected chi connectivity index (χ1v) is 55.9. The number of rotatable bonds is 37. The Morgan fingerprint density at radius 1 is 0.345 bits per heavy atom. The van der Waals surface area contributed by atoms with Crippen molar-refractivity contribution in [1.29, 1.82) is 10.8 Å². The van der Waals surface area contributed by atoms with E-state index in [1.807, 2.05) is 166 Å². The average Bonchev–Trinajstić information content (AvgIpc) is 1.18. The number of anilines is 2. The molecule has 0 radical (unpaired) electrons. The molecule has 0 spiro atoms. The number of thiophene rings is 6. The van der Waals surface area contributed by atoms with Crippen LogP contribution < -0.4 is 19.3 Å². The number of nitrogens with zero attached hydrogens (tertiary/aromatic N) is 2. The topological polar surface area (TPSA) is 141 Å². The fourth-order valence-corrected chi connectivity index (χ4v) is 29.5. The van der Waals surface area contributed by atoms with Gasteiger partial charge < -0.3 is 9.47 Å². The molecular formula is C124H120F2N4O6S6. The van der Waals surface area contributed by atoms with Crippen LogP contribution >= 0.6 is 68.0 Å². The van der Waals surface area contributed by atoms with Crippen LogP contribution in [0.15, 0.2) is 188 Å². The Morgan fingerprint density at radius 2 is 0.683 bits per heavy atom. The molecule has 3 aliphatic rings. The number of imide groups is 2. The molecule has 8 heterocycles. The Kier molecular flexibility index (Phi) is 27.9. The first kappa shape index (κ1) is 97.4. The van der Waals surface area contributed by atoms with Gasteiger partial charge in [-0.2, -0.15) is 0 Å². The number of halogens is 2. The number of fused-ring (bicyclic) bond motifs is 6. The fraction of sp³-hybridized carbons (Fsp3) is 0.306. The van der Waals surface area contributed by atoms with Crippen LogP contribution in [0.3, 0.4) is 0 Å². The highest BCUT2D eigenvalue weighted by molar-refractivity contribution is 7.28. The molecule has 17 aromatic rings. The Hall–Kier alpha value is -12.0. The van der Waals surface area contributed by atoms with Gasteiger partial charge in [-0.3, -0.25) is 30.0 Å². The van der Waals surface area contributed by atoms with Crippen molar-refractivity contribution >= 4 is 227 Å². The summed E-state index contributed by atoms with van der Waals surface area (Å²) in [6.07, 6.45) is 30.7. The normalized spacial score (nSPS) is 14.7. The maximum Gasteiger partial charge on any atom is 0.266 e. The van der Waals surface area contributed by atoms with E-state index in [9.17, 15) is 10.8 Å². The van der Waals surface area contributed by atoms with E-state index in [4.69, 9.17) is 9.47 Å². The molecule has 1 aliphatic carbocycles. The van der Waals surface area contributed by atoms with Gasteiger partial charge in [0.1, 0.15) is 23.0 Å². The number of carbonyl (C=O) groups is 4. The number of nitrogens with one attached hydrogen (secondary N) is 2. The molecule has 4 atom stereocenters. The van der Waals surface area contributed by atoms with Crippen molar-refractivity contribution in [3.05, 3.63) is 285 Å². The largest absolute Gasteiger partial charge is 0.457 e. The van der Waals surface area contributed by atoms with Gasteiger partial charge in [-0.05, 0) is 309 Å².